The fourth-order valence-electron chi connectivity index (χ4n) is 3.32. The molecule has 2 heterocycles. The first-order valence-electron chi connectivity index (χ1n) is 8.74. The summed E-state index contributed by atoms with van der Waals surface area (Å²) in [5, 5.41) is 10.2. The second-order valence-corrected chi connectivity index (χ2v) is 7.61. The van der Waals surface area contributed by atoms with Gasteiger partial charge in [0.2, 0.25) is 5.91 Å². The highest BCUT2D eigenvalue weighted by Crippen LogP contribution is 2.47. The van der Waals surface area contributed by atoms with Gasteiger partial charge in [-0.25, -0.2) is 9.38 Å². The van der Waals surface area contributed by atoms with Gasteiger partial charge in [-0.15, -0.1) is 0 Å². The predicted molar refractivity (Wildman–Crippen MR) is 103 cm³/mol. The number of hydrogen-bond acceptors (Lipinski definition) is 5. The van der Waals surface area contributed by atoms with Gasteiger partial charge >= 0.3 is 0 Å². The SMILES string of the molecule is Cc1cn[nH]c1CNc1ccc(F)c(C2(C)N=C(N)N(C)C(=O)C2(C)C)c1. The molecule has 1 amide bonds. The van der Waals surface area contributed by atoms with Gasteiger partial charge in [-0.1, -0.05) is 0 Å². The van der Waals surface area contributed by atoms with Crippen molar-refractivity contribution in [3.63, 3.8) is 0 Å². The van der Waals surface area contributed by atoms with Crippen LogP contribution in [0.5, 0.6) is 0 Å². The number of H-pyrrole nitrogens is 1. The molecule has 1 aromatic heterocycles. The fraction of sp³-hybridized carbons (Fsp3) is 0.421. The molecule has 0 radical (unpaired) electrons. The van der Waals surface area contributed by atoms with Crippen molar-refractivity contribution in [2.45, 2.75) is 39.8 Å². The maximum atomic E-state index is 14.8. The molecule has 1 aromatic carbocycles. The summed E-state index contributed by atoms with van der Waals surface area (Å²) in [4.78, 5) is 18.6. The summed E-state index contributed by atoms with van der Waals surface area (Å²) >= 11 is 0. The molecular weight excluding hydrogens is 347 g/mol. The van der Waals surface area contributed by atoms with E-state index in [9.17, 15) is 9.18 Å². The summed E-state index contributed by atoms with van der Waals surface area (Å²) in [6, 6.07) is 4.73. The number of aryl methyl sites for hydroxylation is 1. The number of aromatic amines is 1. The molecule has 1 aliphatic rings. The number of rotatable bonds is 4. The third-order valence-corrected chi connectivity index (χ3v) is 5.63. The van der Waals surface area contributed by atoms with E-state index >= 15 is 0 Å². The summed E-state index contributed by atoms with van der Waals surface area (Å²) in [7, 11) is 1.57. The van der Waals surface area contributed by atoms with Crippen LogP contribution in [0.25, 0.3) is 0 Å². The van der Waals surface area contributed by atoms with Crippen LogP contribution in [0.2, 0.25) is 0 Å². The van der Waals surface area contributed by atoms with Crippen LogP contribution in [0.3, 0.4) is 0 Å². The van der Waals surface area contributed by atoms with Crippen molar-refractivity contribution in [2.75, 3.05) is 12.4 Å². The molecule has 1 unspecified atom stereocenters. The molecule has 0 saturated heterocycles. The van der Waals surface area contributed by atoms with Crippen molar-refractivity contribution in [1.82, 2.24) is 15.1 Å². The van der Waals surface area contributed by atoms with E-state index in [0.29, 0.717) is 12.1 Å². The third kappa shape index (κ3) is 2.94. The molecule has 0 saturated carbocycles. The Morgan fingerprint density at radius 2 is 2.04 bits per heavy atom. The maximum absolute atomic E-state index is 14.8. The molecule has 8 heteroatoms. The largest absolute Gasteiger partial charge is 0.379 e. The minimum atomic E-state index is -1.13. The first-order valence-corrected chi connectivity index (χ1v) is 8.74. The van der Waals surface area contributed by atoms with Gasteiger partial charge in [0.15, 0.2) is 5.96 Å². The van der Waals surface area contributed by atoms with Crippen molar-refractivity contribution >= 4 is 17.6 Å². The van der Waals surface area contributed by atoms with Crippen molar-refractivity contribution in [3.05, 3.63) is 47.0 Å². The van der Waals surface area contributed by atoms with Crippen LogP contribution in [0.4, 0.5) is 10.1 Å². The zero-order chi connectivity index (χ0) is 20.0. The summed E-state index contributed by atoms with van der Waals surface area (Å²) in [5.74, 6) is -0.557. The average Bonchev–Trinajstić information content (AvgIpc) is 3.03. The number of aliphatic imine (C=N–C) groups is 1. The second-order valence-electron chi connectivity index (χ2n) is 7.61. The minimum absolute atomic E-state index is 0.0765. The lowest BCUT2D eigenvalue weighted by atomic mass is 9.67. The lowest BCUT2D eigenvalue weighted by Crippen LogP contribution is -2.58. The highest BCUT2D eigenvalue weighted by Gasteiger charge is 2.53. The number of aromatic nitrogens is 2. The number of amides is 1. The number of nitrogens with one attached hydrogen (secondary N) is 2. The molecule has 0 aliphatic carbocycles. The van der Waals surface area contributed by atoms with Crippen LogP contribution in [-0.2, 0) is 16.9 Å². The van der Waals surface area contributed by atoms with E-state index in [1.807, 2.05) is 6.92 Å². The summed E-state index contributed by atoms with van der Waals surface area (Å²) in [6.45, 7) is 7.74. The van der Waals surface area contributed by atoms with Crippen molar-refractivity contribution in [3.8, 4) is 0 Å². The quantitative estimate of drug-likeness (QED) is 0.768. The molecule has 0 spiro atoms. The van der Waals surface area contributed by atoms with Crippen LogP contribution in [0.15, 0.2) is 29.4 Å². The number of carbonyl (C=O) groups is 1. The molecule has 0 bridgehead atoms. The zero-order valence-corrected chi connectivity index (χ0v) is 16.2. The van der Waals surface area contributed by atoms with Gasteiger partial charge in [0, 0.05) is 18.3 Å². The Balaban J connectivity index is 2.00. The summed E-state index contributed by atoms with van der Waals surface area (Å²) in [6.07, 6.45) is 1.75. The van der Waals surface area contributed by atoms with E-state index in [0.717, 1.165) is 16.9 Å². The second kappa shape index (κ2) is 6.37. The molecule has 144 valence electrons. The Morgan fingerprint density at radius 3 is 2.67 bits per heavy atom. The smallest absolute Gasteiger partial charge is 0.237 e. The van der Waals surface area contributed by atoms with Gasteiger partial charge in [-0.05, 0) is 51.5 Å². The predicted octanol–water partition coefficient (Wildman–Crippen LogP) is 2.50. The van der Waals surface area contributed by atoms with Gasteiger partial charge < -0.3 is 11.1 Å². The van der Waals surface area contributed by atoms with Gasteiger partial charge in [-0.3, -0.25) is 14.8 Å². The molecule has 1 atom stereocenters. The molecule has 27 heavy (non-hydrogen) atoms. The Labute approximate surface area is 157 Å². The van der Waals surface area contributed by atoms with Gasteiger partial charge in [0.1, 0.15) is 11.4 Å². The van der Waals surface area contributed by atoms with Crippen molar-refractivity contribution in [1.29, 1.82) is 0 Å². The van der Waals surface area contributed by atoms with E-state index in [-0.39, 0.29) is 11.9 Å². The summed E-state index contributed by atoms with van der Waals surface area (Å²) in [5.41, 5.74) is 6.86. The fourth-order valence-corrected chi connectivity index (χ4v) is 3.32. The maximum Gasteiger partial charge on any atom is 0.237 e. The zero-order valence-electron chi connectivity index (χ0n) is 16.2. The van der Waals surface area contributed by atoms with E-state index < -0.39 is 16.8 Å². The Hall–Kier alpha value is -2.90. The summed E-state index contributed by atoms with van der Waals surface area (Å²) < 4.78 is 14.8. The number of halogens is 1. The van der Waals surface area contributed by atoms with Crippen molar-refractivity contribution < 1.29 is 9.18 Å². The first-order chi connectivity index (χ1) is 12.6. The Kier molecular flexibility index (Phi) is 4.45. The third-order valence-electron chi connectivity index (χ3n) is 5.63. The molecule has 2 aromatic rings. The van der Waals surface area contributed by atoms with E-state index in [4.69, 9.17) is 5.73 Å². The highest BCUT2D eigenvalue weighted by atomic mass is 19.1. The van der Waals surface area contributed by atoms with Crippen LogP contribution in [0, 0.1) is 18.2 Å². The monoisotopic (exact) mass is 372 g/mol. The number of hydrogen-bond donors (Lipinski definition) is 3. The van der Waals surface area contributed by atoms with Crippen LogP contribution in [0.1, 0.15) is 37.6 Å². The topological polar surface area (TPSA) is 99.4 Å². The number of nitrogens with two attached hydrogens (primary N) is 1. The first kappa shape index (κ1) is 18.9. The van der Waals surface area contributed by atoms with E-state index in [1.54, 1.807) is 46.1 Å². The lowest BCUT2D eigenvalue weighted by Gasteiger charge is -2.46. The average molecular weight is 372 g/mol. The lowest BCUT2D eigenvalue weighted by molar-refractivity contribution is -0.140. The van der Waals surface area contributed by atoms with E-state index in [2.05, 4.69) is 20.5 Å². The molecule has 0 fully saturated rings. The van der Waals surface area contributed by atoms with Gasteiger partial charge in [0.05, 0.1) is 23.9 Å². The highest BCUT2D eigenvalue weighted by molar-refractivity contribution is 6.01. The molecule has 1 aliphatic heterocycles. The number of carbonyl (C=O) groups excluding carboxylic acids is 1. The molecule has 3 rings (SSSR count). The van der Waals surface area contributed by atoms with Gasteiger partial charge in [0.25, 0.3) is 0 Å². The number of nitrogens with zero attached hydrogens (tertiary/aromatic N) is 3. The minimum Gasteiger partial charge on any atom is -0.379 e. The van der Waals surface area contributed by atoms with Crippen LogP contribution < -0.4 is 11.1 Å². The molecule has 7 nitrogen and oxygen atoms in total. The normalized spacial score (nSPS) is 21.9. The van der Waals surface area contributed by atoms with Crippen LogP contribution in [-0.4, -0.2) is 34.0 Å². The van der Waals surface area contributed by atoms with Crippen LogP contribution >= 0.6 is 0 Å². The Morgan fingerprint density at radius 1 is 1.33 bits per heavy atom. The van der Waals surface area contributed by atoms with Gasteiger partial charge in [-0.2, -0.15) is 5.10 Å². The standard InChI is InChI=1S/C19H25FN6O/c1-11-9-23-25-15(11)10-22-12-6-7-14(20)13(8-12)19(4)18(2,3)16(27)26(5)17(21)24-19/h6-9,22H,10H2,1-5H3,(H2,21,24)(H,23,25). The number of benzene rings is 1. The van der Waals surface area contributed by atoms with E-state index in [1.165, 1.54) is 11.0 Å². The Bertz CT molecular complexity index is 919. The number of anilines is 1. The molecular formula is C19H25FN6O. The molecule has 4 N–H and O–H groups in total. The van der Waals surface area contributed by atoms with Crippen molar-refractivity contribution in [2.24, 2.45) is 16.1 Å². The number of guanidine groups is 1.